The number of piperidine rings is 1. The number of likely N-dealkylation sites (tertiary alicyclic amines) is 1. The van der Waals surface area contributed by atoms with Crippen molar-refractivity contribution in [3.63, 3.8) is 0 Å². The first-order valence-electron chi connectivity index (χ1n) is 8.45. The van der Waals surface area contributed by atoms with Crippen LogP contribution in [0.15, 0.2) is 18.2 Å². The lowest BCUT2D eigenvalue weighted by molar-refractivity contribution is -0.137. The first-order chi connectivity index (χ1) is 11.6. The molecule has 1 aliphatic carbocycles. The summed E-state index contributed by atoms with van der Waals surface area (Å²) in [5, 5.41) is 0. The molecule has 0 bridgehead atoms. The van der Waals surface area contributed by atoms with Crippen molar-refractivity contribution in [2.75, 3.05) is 20.6 Å². The van der Waals surface area contributed by atoms with Crippen molar-refractivity contribution in [1.29, 1.82) is 0 Å². The minimum absolute atomic E-state index is 0.0559. The third-order valence-corrected chi connectivity index (χ3v) is 5.60. The average molecular weight is 358 g/mol. The SMILES string of the molecule is CN1C[C@H]2C[C@@H](N(C)Cc3cc(C(F)(F)F)ccc3F)C[C@H]2CC1=O. The molecule has 25 heavy (non-hydrogen) atoms. The molecule has 2 aliphatic rings. The van der Waals surface area contributed by atoms with Gasteiger partial charge in [0.05, 0.1) is 5.56 Å². The summed E-state index contributed by atoms with van der Waals surface area (Å²) in [6.45, 7) is 0.857. The smallest absolute Gasteiger partial charge is 0.345 e. The topological polar surface area (TPSA) is 23.6 Å². The van der Waals surface area contributed by atoms with E-state index < -0.39 is 17.6 Å². The Labute approximate surface area is 144 Å². The maximum absolute atomic E-state index is 14.0. The van der Waals surface area contributed by atoms with Gasteiger partial charge in [0, 0.05) is 38.2 Å². The summed E-state index contributed by atoms with van der Waals surface area (Å²) in [4.78, 5) is 15.5. The van der Waals surface area contributed by atoms with Crippen molar-refractivity contribution in [2.45, 2.75) is 38.0 Å². The zero-order valence-corrected chi connectivity index (χ0v) is 14.3. The lowest BCUT2D eigenvalue weighted by Crippen LogP contribution is -2.39. The van der Waals surface area contributed by atoms with Crippen molar-refractivity contribution < 1.29 is 22.4 Å². The summed E-state index contributed by atoms with van der Waals surface area (Å²) in [6, 6.07) is 2.70. The van der Waals surface area contributed by atoms with Crippen molar-refractivity contribution in [1.82, 2.24) is 9.80 Å². The van der Waals surface area contributed by atoms with Crippen LogP contribution < -0.4 is 0 Å². The lowest BCUT2D eigenvalue weighted by Gasteiger charge is -2.31. The van der Waals surface area contributed by atoms with Crippen molar-refractivity contribution in [3.8, 4) is 0 Å². The number of rotatable bonds is 3. The van der Waals surface area contributed by atoms with Gasteiger partial charge in [0.2, 0.25) is 5.91 Å². The number of halogens is 4. The van der Waals surface area contributed by atoms with E-state index in [4.69, 9.17) is 0 Å². The van der Waals surface area contributed by atoms with Crippen LogP contribution in [0.1, 0.15) is 30.4 Å². The molecule has 0 unspecified atom stereocenters. The van der Waals surface area contributed by atoms with Gasteiger partial charge in [-0.25, -0.2) is 4.39 Å². The molecule has 1 aromatic carbocycles. The predicted molar refractivity (Wildman–Crippen MR) is 85.1 cm³/mol. The third kappa shape index (κ3) is 3.81. The van der Waals surface area contributed by atoms with E-state index in [2.05, 4.69) is 0 Å². The van der Waals surface area contributed by atoms with Gasteiger partial charge in [-0.1, -0.05) is 0 Å². The zero-order valence-electron chi connectivity index (χ0n) is 14.3. The zero-order chi connectivity index (χ0) is 18.4. The predicted octanol–water partition coefficient (Wildman–Crippen LogP) is 3.53. The van der Waals surface area contributed by atoms with Gasteiger partial charge in [0.25, 0.3) is 0 Å². The van der Waals surface area contributed by atoms with Crippen LogP contribution in [0.4, 0.5) is 17.6 Å². The largest absolute Gasteiger partial charge is 0.416 e. The van der Waals surface area contributed by atoms with Gasteiger partial charge >= 0.3 is 6.18 Å². The van der Waals surface area contributed by atoms with E-state index >= 15 is 0 Å². The molecule has 0 spiro atoms. The maximum Gasteiger partial charge on any atom is 0.416 e. The highest BCUT2D eigenvalue weighted by Gasteiger charge is 2.41. The number of benzene rings is 1. The number of nitrogens with zero attached hydrogens (tertiary/aromatic N) is 2. The Hall–Kier alpha value is -1.63. The van der Waals surface area contributed by atoms with E-state index in [1.165, 1.54) is 0 Å². The quantitative estimate of drug-likeness (QED) is 0.772. The fourth-order valence-corrected chi connectivity index (χ4v) is 4.12. The molecule has 0 N–H and O–H groups in total. The lowest BCUT2D eigenvalue weighted by atomic mass is 9.88. The number of carbonyl (C=O) groups excluding carboxylic acids is 1. The van der Waals surface area contributed by atoms with Gasteiger partial charge < -0.3 is 4.90 Å². The van der Waals surface area contributed by atoms with E-state index in [0.717, 1.165) is 37.6 Å². The molecule has 3 rings (SSSR count). The molecule has 1 aliphatic heterocycles. The molecule has 1 saturated heterocycles. The Balaban J connectivity index is 1.69. The van der Waals surface area contributed by atoms with Crippen LogP contribution in [0.3, 0.4) is 0 Å². The molecule has 3 atom stereocenters. The summed E-state index contributed by atoms with van der Waals surface area (Å²) in [7, 11) is 3.61. The van der Waals surface area contributed by atoms with E-state index in [-0.39, 0.29) is 24.1 Å². The monoisotopic (exact) mass is 358 g/mol. The van der Waals surface area contributed by atoms with Gasteiger partial charge in [-0.2, -0.15) is 13.2 Å². The Bertz CT molecular complexity index is 661. The second kappa shape index (κ2) is 6.59. The summed E-state index contributed by atoms with van der Waals surface area (Å²) in [6.07, 6.45) is -2.22. The third-order valence-electron chi connectivity index (χ3n) is 5.60. The van der Waals surface area contributed by atoms with E-state index in [0.29, 0.717) is 18.3 Å². The van der Waals surface area contributed by atoms with Crippen LogP contribution in [0.2, 0.25) is 0 Å². The molecule has 1 saturated carbocycles. The molecule has 1 amide bonds. The molecule has 1 aromatic rings. The van der Waals surface area contributed by atoms with Gasteiger partial charge in [-0.3, -0.25) is 9.69 Å². The summed E-state index contributed by atoms with van der Waals surface area (Å²) < 4.78 is 52.5. The first-order valence-corrected chi connectivity index (χ1v) is 8.45. The van der Waals surface area contributed by atoms with Crippen LogP contribution in [0, 0.1) is 17.7 Å². The number of carbonyl (C=O) groups is 1. The molecule has 3 nitrogen and oxygen atoms in total. The van der Waals surface area contributed by atoms with Gasteiger partial charge in [0.1, 0.15) is 5.82 Å². The number of fused-ring (bicyclic) bond motifs is 1. The number of hydrogen-bond acceptors (Lipinski definition) is 2. The van der Waals surface area contributed by atoms with Crippen molar-refractivity contribution in [2.24, 2.45) is 11.8 Å². The van der Waals surface area contributed by atoms with Gasteiger partial charge in [-0.15, -0.1) is 0 Å². The molecular formula is C18H22F4N2O. The molecule has 138 valence electrons. The van der Waals surface area contributed by atoms with Crippen molar-refractivity contribution >= 4 is 5.91 Å². The molecule has 0 aromatic heterocycles. The highest BCUT2D eigenvalue weighted by atomic mass is 19.4. The van der Waals surface area contributed by atoms with Crippen LogP contribution in [-0.4, -0.2) is 42.4 Å². The Morgan fingerprint density at radius 1 is 1.24 bits per heavy atom. The van der Waals surface area contributed by atoms with Crippen LogP contribution in [0.5, 0.6) is 0 Å². The highest BCUT2D eigenvalue weighted by Crippen LogP contribution is 2.40. The number of alkyl halides is 3. The normalized spacial score (nSPS) is 27.1. The second-order valence-electron chi connectivity index (χ2n) is 7.34. The molecule has 2 fully saturated rings. The highest BCUT2D eigenvalue weighted by molar-refractivity contribution is 5.77. The summed E-state index contributed by atoms with van der Waals surface area (Å²) >= 11 is 0. The molecule has 7 heteroatoms. The number of hydrogen-bond donors (Lipinski definition) is 0. The fraction of sp³-hybridized carbons (Fsp3) is 0.611. The second-order valence-corrected chi connectivity index (χ2v) is 7.34. The first kappa shape index (κ1) is 18.2. The molecular weight excluding hydrogens is 336 g/mol. The molecule has 0 radical (unpaired) electrons. The minimum Gasteiger partial charge on any atom is -0.345 e. The van der Waals surface area contributed by atoms with Crippen molar-refractivity contribution in [3.05, 3.63) is 35.1 Å². The van der Waals surface area contributed by atoms with Crippen LogP contribution >= 0.6 is 0 Å². The fourth-order valence-electron chi connectivity index (χ4n) is 4.12. The van der Waals surface area contributed by atoms with E-state index in [9.17, 15) is 22.4 Å². The summed E-state index contributed by atoms with van der Waals surface area (Å²) in [5.74, 6) is 0.266. The Morgan fingerprint density at radius 3 is 2.60 bits per heavy atom. The van der Waals surface area contributed by atoms with Crippen LogP contribution in [0.25, 0.3) is 0 Å². The van der Waals surface area contributed by atoms with E-state index in [1.807, 2.05) is 11.9 Å². The molecule has 1 heterocycles. The minimum atomic E-state index is -4.48. The number of amides is 1. The summed E-state index contributed by atoms with van der Waals surface area (Å²) in [5.41, 5.74) is -0.773. The average Bonchev–Trinajstić information content (AvgIpc) is 2.91. The Morgan fingerprint density at radius 2 is 1.92 bits per heavy atom. The Kier molecular flexibility index (Phi) is 4.79. The van der Waals surface area contributed by atoms with Gasteiger partial charge in [0.15, 0.2) is 0 Å². The standard InChI is InChI=1S/C18H22F4N2O/c1-23(10-13-5-14(18(20,21)22)3-4-16(13)19)15-6-11-8-17(25)24(2)9-12(11)7-15/h3-5,11-12,15H,6-10H2,1-2H3/t11-,12+,15-/m0/s1. The maximum atomic E-state index is 14.0. The van der Waals surface area contributed by atoms with Gasteiger partial charge in [-0.05, 0) is 49.9 Å². The van der Waals surface area contributed by atoms with E-state index in [1.54, 1.807) is 11.9 Å². The van der Waals surface area contributed by atoms with Crippen LogP contribution in [-0.2, 0) is 17.5 Å².